The summed E-state index contributed by atoms with van der Waals surface area (Å²) in [5, 5.41) is 7.55. The van der Waals surface area contributed by atoms with Crippen LogP contribution in [0, 0.1) is 0 Å². The number of hydrogen-bond acceptors (Lipinski definition) is 1. The van der Waals surface area contributed by atoms with Gasteiger partial charge in [-0.05, 0) is 23.8 Å². The highest BCUT2D eigenvalue weighted by molar-refractivity contribution is 7.82. The molecule has 0 rings (SSSR count). The lowest BCUT2D eigenvalue weighted by Gasteiger charge is -1.60. The molecule has 0 aromatic heterocycles. The Labute approximate surface area is 34.2 Å². The zero-order valence-corrected chi connectivity index (χ0v) is 3.31. The van der Waals surface area contributed by atoms with Crippen LogP contribution in [0.5, 0.6) is 0 Å². The van der Waals surface area contributed by atoms with Crippen molar-refractivity contribution in [2.24, 2.45) is 0 Å². The molecule has 0 bridgehead atoms. The molecule has 1 nitrogen and oxygen atoms in total. The molecule has 0 amide bonds. The van der Waals surface area contributed by atoms with Crippen LogP contribution in [0.4, 0.5) is 0 Å². The summed E-state index contributed by atoms with van der Waals surface area (Å²) >= 11 is 8.42. The molecule has 0 spiro atoms. The molecular formula is CHClOS. The van der Waals surface area contributed by atoms with Crippen LogP contribution in [0.3, 0.4) is 0 Å². The van der Waals surface area contributed by atoms with Gasteiger partial charge in [0.15, 0.2) is 0 Å². The first-order chi connectivity index (χ1) is 1.73. The Morgan fingerprint density at radius 3 is 2.00 bits per heavy atom. The molecule has 0 aromatic rings. The molecule has 0 saturated heterocycles. The first-order valence-corrected chi connectivity index (χ1v) is 1.40. The summed E-state index contributed by atoms with van der Waals surface area (Å²) in [6.45, 7) is 0. The summed E-state index contributed by atoms with van der Waals surface area (Å²) in [6.07, 6.45) is 0. The average Bonchev–Trinajstić information content (AvgIpc) is 0.811. The molecule has 0 fully saturated rings. The first kappa shape index (κ1) is 4.18. The first-order valence-electron chi connectivity index (χ1n) is 0.617. The second-order valence-corrected chi connectivity index (χ2v) is 1.22. The Morgan fingerprint density at radius 2 is 2.00 bits per heavy atom. The van der Waals surface area contributed by atoms with E-state index in [-0.39, 0.29) is 0 Å². The van der Waals surface area contributed by atoms with Gasteiger partial charge in [-0.15, -0.1) is 0 Å². The molecule has 0 atom stereocenters. The molecule has 4 heavy (non-hydrogen) atoms. The molecular weight excluding hydrogens is 95.5 g/mol. The van der Waals surface area contributed by atoms with Crippen molar-refractivity contribution in [2.45, 2.75) is 0 Å². The van der Waals surface area contributed by atoms with E-state index in [1.807, 2.05) is 0 Å². The number of aliphatic hydroxyl groups excluding tert-OH is 1. The van der Waals surface area contributed by atoms with Gasteiger partial charge in [-0.1, -0.05) is 0 Å². The molecule has 0 unspecified atom stereocenters. The van der Waals surface area contributed by atoms with Crippen molar-refractivity contribution in [3.63, 3.8) is 0 Å². The van der Waals surface area contributed by atoms with Gasteiger partial charge in [0.25, 0.3) is 4.51 Å². The minimum Gasteiger partial charge on any atom is -0.491 e. The van der Waals surface area contributed by atoms with Crippen LogP contribution in [-0.4, -0.2) is 9.62 Å². The highest BCUT2D eigenvalue weighted by Gasteiger charge is 1.63. The molecule has 0 aliphatic heterocycles. The molecule has 24 valence electrons. The number of thiocarbonyl (C=S) groups is 1. The van der Waals surface area contributed by atoms with E-state index in [0.717, 1.165) is 0 Å². The van der Waals surface area contributed by atoms with Crippen molar-refractivity contribution in [1.29, 1.82) is 0 Å². The summed E-state index contributed by atoms with van der Waals surface area (Å²) in [7, 11) is 0. The maximum Gasteiger partial charge on any atom is 0.252 e. The van der Waals surface area contributed by atoms with E-state index >= 15 is 0 Å². The fourth-order valence-electron chi connectivity index (χ4n) is 0. The highest BCUT2D eigenvalue weighted by atomic mass is 35.5. The van der Waals surface area contributed by atoms with Gasteiger partial charge in [0.2, 0.25) is 0 Å². The van der Waals surface area contributed by atoms with Crippen LogP contribution >= 0.6 is 23.8 Å². The molecule has 3 heteroatoms. The van der Waals surface area contributed by atoms with Gasteiger partial charge in [0, 0.05) is 0 Å². The topological polar surface area (TPSA) is 20.2 Å². The van der Waals surface area contributed by atoms with E-state index in [1.54, 1.807) is 0 Å². The summed E-state index contributed by atoms with van der Waals surface area (Å²) < 4.78 is -0.528. The van der Waals surface area contributed by atoms with Crippen molar-refractivity contribution in [2.75, 3.05) is 0 Å². The molecule has 0 saturated carbocycles. The summed E-state index contributed by atoms with van der Waals surface area (Å²) in [6, 6.07) is 0. The molecule has 0 aliphatic rings. The smallest absolute Gasteiger partial charge is 0.252 e. The van der Waals surface area contributed by atoms with E-state index in [1.165, 1.54) is 0 Å². The maximum atomic E-state index is 7.55. The Bertz CT molecular complexity index is 31.0. The third kappa shape index (κ3) is 93.7. The molecule has 0 aliphatic carbocycles. The van der Waals surface area contributed by atoms with E-state index in [9.17, 15) is 0 Å². The molecule has 0 heterocycles. The SMILES string of the molecule is OC(=S)Cl. The van der Waals surface area contributed by atoms with E-state index in [4.69, 9.17) is 5.11 Å². The monoisotopic (exact) mass is 95.9 g/mol. The van der Waals surface area contributed by atoms with Crippen molar-refractivity contribution >= 4 is 28.3 Å². The van der Waals surface area contributed by atoms with Gasteiger partial charge in [0.1, 0.15) is 0 Å². The van der Waals surface area contributed by atoms with E-state index in [0.29, 0.717) is 0 Å². The number of hydrogen-bond donors (Lipinski definition) is 1. The number of rotatable bonds is 0. The minimum absolute atomic E-state index is 0.528. The Kier molecular flexibility index (Phi) is 1.56. The Balaban J connectivity index is 2.80. The summed E-state index contributed by atoms with van der Waals surface area (Å²) in [5.41, 5.74) is 0. The molecule has 1 N–H and O–H groups in total. The van der Waals surface area contributed by atoms with E-state index < -0.39 is 4.51 Å². The van der Waals surface area contributed by atoms with Crippen LogP contribution in [0.2, 0.25) is 0 Å². The third-order valence-corrected chi connectivity index (χ3v) is 0. The van der Waals surface area contributed by atoms with Crippen LogP contribution in [-0.2, 0) is 0 Å². The zero-order valence-electron chi connectivity index (χ0n) is 1.73. The van der Waals surface area contributed by atoms with Crippen LogP contribution in [0.15, 0.2) is 0 Å². The number of aliphatic hydroxyl groups is 1. The van der Waals surface area contributed by atoms with Gasteiger partial charge < -0.3 is 5.11 Å². The fourth-order valence-corrected chi connectivity index (χ4v) is 0. The fraction of sp³-hybridized carbons (Fsp3) is 0. The van der Waals surface area contributed by atoms with Gasteiger partial charge in [-0.3, -0.25) is 0 Å². The van der Waals surface area contributed by atoms with Crippen LogP contribution in [0.25, 0.3) is 0 Å². The Morgan fingerprint density at radius 1 is 2.00 bits per heavy atom. The lowest BCUT2D eigenvalue weighted by atomic mass is 11.7. The zero-order chi connectivity index (χ0) is 3.58. The van der Waals surface area contributed by atoms with Gasteiger partial charge >= 0.3 is 0 Å². The maximum absolute atomic E-state index is 7.55. The van der Waals surface area contributed by atoms with Crippen molar-refractivity contribution in [3.8, 4) is 0 Å². The second kappa shape index (κ2) is 1.49. The van der Waals surface area contributed by atoms with Crippen molar-refractivity contribution in [3.05, 3.63) is 0 Å². The average molecular weight is 96.5 g/mol. The van der Waals surface area contributed by atoms with Crippen LogP contribution in [0.1, 0.15) is 0 Å². The van der Waals surface area contributed by atoms with Gasteiger partial charge in [-0.25, -0.2) is 0 Å². The Hall–Kier alpha value is 0.180. The predicted molar refractivity (Wildman–Crippen MR) is 21.1 cm³/mol. The van der Waals surface area contributed by atoms with Crippen LogP contribution < -0.4 is 0 Å². The quantitative estimate of drug-likeness (QED) is 0.360. The standard InChI is InChI=1S/CHClOS/c2-1(3)4/h(H,3,4). The normalized spacial score (nSPS) is 6.25. The molecule has 0 radical (unpaired) electrons. The lowest BCUT2D eigenvalue weighted by Crippen LogP contribution is -1.65. The van der Waals surface area contributed by atoms with Crippen molar-refractivity contribution in [1.82, 2.24) is 0 Å². The predicted octanol–water partition coefficient (Wildman–Crippen LogP) is 1.07. The minimum atomic E-state index is -0.528. The van der Waals surface area contributed by atoms with Gasteiger partial charge in [0.05, 0.1) is 0 Å². The summed E-state index contributed by atoms with van der Waals surface area (Å²) in [5.74, 6) is 0. The number of halogens is 1. The lowest BCUT2D eigenvalue weighted by molar-refractivity contribution is 0.584. The third-order valence-electron chi connectivity index (χ3n) is 0. The second-order valence-electron chi connectivity index (χ2n) is 0.253. The summed E-state index contributed by atoms with van der Waals surface area (Å²) in [4.78, 5) is 0. The largest absolute Gasteiger partial charge is 0.491 e. The highest BCUT2D eigenvalue weighted by Crippen LogP contribution is 1.70. The molecule has 0 aromatic carbocycles. The van der Waals surface area contributed by atoms with Gasteiger partial charge in [-0.2, -0.15) is 0 Å². The van der Waals surface area contributed by atoms with E-state index in [2.05, 4.69) is 23.8 Å². The van der Waals surface area contributed by atoms with Crippen molar-refractivity contribution < 1.29 is 5.11 Å².